The average Bonchev–Trinajstić information content (AvgIpc) is 2.07. The van der Waals surface area contributed by atoms with Gasteiger partial charge in [-0.3, -0.25) is 0 Å². The zero-order valence-electron chi connectivity index (χ0n) is 9.17. The Balaban J connectivity index is 3.19. The van der Waals surface area contributed by atoms with Crippen LogP contribution in [0.5, 0.6) is 5.75 Å². The summed E-state index contributed by atoms with van der Waals surface area (Å²) in [6.07, 6.45) is 0. The third kappa shape index (κ3) is 3.03. The van der Waals surface area contributed by atoms with Gasteiger partial charge in [-0.1, -0.05) is 0 Å². The number of aromatic carboxylic acids is 1. The van der Waals surface area contributed by atoms with Gasteiger partial charge in [-0.2, -0.15) is 0 Å². The van der Waals surface area contributed by atoms with Gasteiger partial charge in [0.1, 0.15) is 11.3 Å². The Morgan fingerprint density at radius 1 is 1.31 bits per heavy atom. The molecule has 0 atom stereocenters. The summed E-state index contributed by atoms with van der Waals surface area (Å²) in [4.78, 5) is 10.6. The molecule has 0 fully saturated rings. The molecular weight excluding hydrogens is 234 g/mol. The standard InChI is InChI=1S/C10H12F2O3Si/c1-16(2,3)15-6-4-7(10(13)14)9(12)8(11)5-6/h4-5H,1-3H3,(H,13,14). The van der Waals surface area contributed by atoms with Crippen molar-refractivity contribution >= 4 is 14.3 Å². The predicted molar refractivity (Wildman–Crippen MR) is 57.3 cm³/mol. The minimum atomic E-state index is -1.98. The molecule has 0 amide bonds. The van der Waals surface area contributed by atoms with Crippen molar-refractivity contribution in [2.75, 3.05) is 0 Å². The van der Waals surface area contributed by atoms with Crippen molar-refractivity contribution in [1.82, 2.24) is 0 Å². The van der Waals surface area contributed by atoms with Crippen molar-refractivity contribution in [2.45, 2.75) is 19.6 Å². The molecule has 0 aliphatic carbocycles. The summed E-state index contributed by atoms with van der Waals surface area (Å²) in [5, 5.41) is 8.66. The number of hydrogen-bond donors (Lipinski definition) is 1. The molecular formula is C10H12F2O3Si. The van der Waals surface area contributed by atoms with E-state index >= 15 is 0 Å². The van der Waals surface area contributed by atoms with E-state index in [-0.39, 0.29) is 5.75 Å². The first kappa shape index (κ1) is 12.6. The monoisotopic (exact) mass is 246 g/mol. The lowest BCUT2D eigenvalue weighted by atomic mass is 10.2. The maximum absolute atomic E-state index is 13.1. The molecule has 0 aliphatic heterocycles. The average molecular weight is 246 g/mol. The van der Waals surface area contributed by atoms with Crippen molar-refractivity contribution in [3.05, 3.63) is 29.3 Å². The Kier molecular flexibility index (Phi) is 3.32. The minimum Gasteiger partial charge on any atom is -0.544 e. The molecule has 88 valence electrons. The molecule has 0 unspecified atom stereocenters. The van der Waals surface area contributed by atoms with E-state index < -0.39 is 31.5 Å². The minimum absolute atomic E-state index is 0.0514. The number of carboxylic acids is 1. The second-order valence-electron chi connectivity index (χ2n) is 4.29. The van der Waals surface area contributed by atoms with Crippen LogP contribution in [0.2, 0.25) is 19.6 Å². The highest BCUT2D eigenvalue weighted by Crippen LogP contribution is 2.23. The largest absolute Gasteiger partial charge is 0.544 e. The molecule has 0 radical (unpaired) electrons. The maximum Gasteiger partial charge on any atom is 0.338 e. The van der Waals surface area contributed by atoms with Crippen LogP contribution >= 0.6 is 0 Å². The van der Waals surface area contributed by atoms with Crippen molar-refractivity contribution in [1.29, 1.82) is 0 Å². The van der Waals surface area contributed by atoms with Gasteiger partial charge in [0.2, 0.25) is 8.32 Å². The van der Waals surface area contributed by atoms with Gasteiger partial charge in [-0.15, -0.1) is 0 Å². The second-order valence-corrected chi connectivity index (χ2v) is 8.72. The summed E-state index contributed by atoms with van der Waals surface area (Å²) in [5.41, 5.74) is -0.715. The van der Waals surface area contributed by atoms with Gasteiger partial charge in [0.05, 0.1) is 0 Å². The predicted octanol–water partition coefficient (Wildman–Crippen LogP) is 2.88. The van der Waals surface area contributed by atoms with E-state index in [1.165, 1.54) is 0 Å². The molecule has 1 N–H and O–H groups in total. The number of rotatable bonds is 3. The van der Waals surface area contributed by atoms with Crippen LogP contribution in [0.15, 0.2) is 12.1 Å². The van der Waals surface area contributed by atoms with Crippen LogP contribution in [-0.2, 0) is 0 Å². The van der Waals surface area contributed by atoms with Crippen molar-refractivity contribution in [2.24, 2.45) is 0 Å². The molecule has 0 bridgehead atoms. The summed E-state index contributed by atoms with van der Waals surface area (Å²) >= 11 is 0. The summed E-state index contributed by atoms with van der Waals surface area (Å²) < 4.78 is 31.5. The Morgan fingerprint density at radius 2 is 1.88 bits per heavy atom. The lowest BCUT2D eigenvalue weighted by Crippen LogP contribution is -2.29. The molecule has 0 spiro atoms. The molecule has 6 heteroatoms. The molecule has 0 aromatic heterocycles. The van der Waals surface area contributed by atoms with Crippen molar-refractivity contribution in [3.63, 3.8) is 0 Å². The van der Waals surface area contributed by atoms with Gasteiger partial charge < -0.3 is 9.53 Å². The fourth-order valence-electron chi connectivity index (χ4n) is 1.13. The molecule has 0 heterocycles. The van der Waals surface area contributed by atoms with E-state index in [4.69, 9.17) is 9.53 Å². The van der Waals surface area contributed by atoms with Crippen LogP contribution in [0.4, 0.5) is 8.78 Å². The number of hydrogen-bond acceptors (Lipinski definition) is 2. The van der Waals surface area contributed by atoms with Gasteiger partial charge in [-0.05, 0) is 25.7 Å². The third-order valence-electron chi connectivity index (χ3n) is 1.66. The van der Waals surface area contributed by atoms with E-state index in [1.807, 2.05) is 19.6 Å². The summed E-state index contributed by atoms with van der Waals surface area (Å²) in [7, 11) is -1.98. The van der Waals surface area contributed by atoms with E-state index in [0.717, 1.165) is 12.1 Å². The number of halogens is 2. The first-order chi connectivity index (χ1) is 7.20. The second kappa shape index (κ2) is 4.21. The first-order valence-corrected chi connectivity index (χ1v) is 8.03. The van der Waals surface area contributed by atoms with Crippen molar-refractivity contribution < 1.29 is 23.1 Å². The number of benzene rings is 1. The zero-order valence-corrected chi connectivity index (χ0v) is 10.2. The normalized spacial score (nSPS) is 11.3. The van der Waals surface area contributed by atoms with Gasteiger partial charge in [0, 0.05) is 6.07 Å². The summed E-state index contributed by atoms with van der Waals surface area (Å²) in [6, 6.07) is 1.86. The van der Waals surface area contributed by atoms with E-state index in [0.29, 0.717) is 0 Å². The highest BCUT2D eigenvalue weighted by Gasteiger charge is 2.21. The highest BCUT2D eigenvalue weighted by molar-refractivity contribution is 6.70. The lowest BCUT2D eigenvalue weighted by Gasteiger charge is -2.19. The number of carbonyl (C=O) groups is 1. The maximum atomic E-state index is 13.1. The summed E-state index contributed by atoms with van der Waals surface area (Å²) in [6.45, 7) is 5.57. The molecule has 1 aromatic rings. The van der Waals surface area contributed by atoms with Crippen LogP contribution in [0.1, 0.15) is 10.4 Å². The van der Waals surface area contributed by atoms with Crippen LogP contribution in [0, 0.1) is 11.6 Å². The molecule has 1 aromatic carbocycles. The molecule has 0 aliphatic rings. The Morgan fingerprint density at radius 3 is 2.31 bits per heavy atom. The molecule has 3 nitrogen and oxygen atoms in total. The number of carboxylic acid groups (broad SMARTS) is 1. The molecule has 0 saturated carbocycles. The van der Waals surface area contributed by atoms with Crippen molar-refractivity contribution in [3.8, 4) is 5.75 Å². The van der Waals surface area contributed by atoms with Gasteiger partial charge >= 0.3 is 5.97 Å². The molecule has 1 rings (SSSR count). The molecule has 0 saturated heterocycles. The third-order valence-corrected chi connectivity index (χ3v) is 2.50. The topological polar surface area (TPSA) is 46.5 Å². The summed E-state index contributed by atoms with van der Waals surface area (Å²) in [5.74, 6) is -4.04. The van der Waals surface area contributed by atoms with Crippen LogP contribution in [0.25, 0.3) is 0 Å². The van der Waals surface area contributed by atoms with Gasteiger partial charge in [0.15, 0.2) is 11.6 Å². The lowest BCUT2D eigenvalue weighted by molar-refractivity contribution is 0.0690. The van der Waals surface area contributed by atoms with Gasteiger partial charge in [0.25, 0.3) is 0 Å². The van der Waals surface area contributed by atoms with E-state index in [2.05, 4.69) is 0 Å². The first-order valence-electron chi connectivity index (χ1n) is 4.62. The SMILES string of the molecule is C[Si](C)(C)Oc1cc(F)c(F)c(C(=O)O)c1. The van der Waals surface area contributed by atoms with Gasteiger partial charge in [-0.25, -0.2) is 13.6 Å². The fraction of sp³-hybridized carbons (Fsp3) is 0.300. The molecule has 16 heavy (non-hydrogen) atoms. The van der Waals surface area contributed by atoms with E-state index in [9.17, 15) is 13.6 Å². The van der Waals surface area contributed by atoms with Crippen LogP contribution in [-0.4, -0.2) is 19.4 Å². The Labute approximate surface area is 92.8 Å². The Bertz CT molecular complexity index is 427. The van der Waals surface area contributed by atoms with E-state index in [1.54, 1.807) is 0 Å². The fourth-order valence-corrected chi connectivity index (χ4v) is 1.96. The zero-order chi connectivity index (χ0) is 12.5. The Hall–Kier alpha value is -1.43. The quantitative estimate of drug-likeness (QED) is 0.834. The smallest absolute Gasteiger partial charge is 0.338 e. The van der Waals surface area contributed by atoms with Crippen LogP contribution in [0.3, 0.4) is 0 Å². The van der Waals surface area contributed by atoms with Crippen LogP contribution < -0.4 is 4.43 Å². The highest BCUT2D eigenvalue weighted by atomic mass is 28.4.